The Hall–Kier alpha value is -1.24. The topological polar surface area (TPSA) is 32.7 Å². The second-order valence-corrected chi connectivity index (χ2v) is 8.95. The van der Waals surface area contributed by atoms with Gasteiger partial charge < -0.3 is 4.90 Å². The first kappa shape index (κ1) is 18.5. The summed E-state index contributed by atoms with van der Waals surface area (Å²) in [5.41, 5.74) is 2.95. The lowest BCUT2D eigenvalue weighted by atomic mass is 10.1. The Morgan fingerprint density at radius 2 is 2.00 bits per heavy atom. The van der Waals surface area contributed by atoms with Crippen molar-refractivity contribution in [2.75, 3.05) is 19.3 Å². The standard InChI is InChI=1S/C19H19BrN2OS2/c1-22(12-14-6-8-16(20)9-7-14)18(23)17-5-3-2-4-15(17)13-25-19-21-10-11-24-19/h2-9H,10-13H2,1H3. The van der Waals surface area contributed by atoms with Crippen LogP contribution < -0.4 is 0 Å². The van der Waals surface area contributed by atoms with Crippen LogP contribution in [0.2, 0.25) is 0 Å². The molecule has 0 saturated carbocycles. The second kappa shape index (κ2) is 8.92. The molecule has 0 radical (unpaired) electrons. The molecule has 3 nitrogen and oxygen atoms in total. The highest BCUT2D eigenvalue weighted by Gasteiger charge is 2.17. The normalized spacial score (nSPS) is 13.6. The van der Waals surface area contributed by atoms with E-state index in [1.165, 1.54) is 0 Å². The van der Waals surface area contributed by atoms with Crippen molar-refractivity contribution in [2.24, 2.45) is 4.99 Å². The maximum absolute atomic E-state index is 12.9. The number of benzene rings is 2. The molecule has 3 rings (SSSR count). The zero-order chi connectivity index (χ0) is 17.6. The van der Waals surface area contributed by atoms with Gasteiger partial charge in [-0.2, -0.15) is 0 Å². The van der Waals surface area contributed by atoms with E-state index in [1.807, 2.05) is 55.6 Å². The molecule has 0 N–H and O–H groups in total. The second-order valence-electron chi connectivity index (χ2n) is 5.73. The Labute approximate surface area is 165 Å². The molecule has 25 heavy (non-hydrogen) atoms. The Morgan fingerprint density at radius 1 is 1.24 bits per heavy atom. The van der Waals surface area contributed by atoms with E-state index >= 15 is 0 Å². The first-order valence-electron chi connectivity index (χ1n) is 8.01. The number of rotatable bonds is 5. The van der Waals surface area contributed by atoms with Crippen LogP contribution in [-0.4, -0.2) is 34.5 Å². The molecular weight excluding hydrogens is 416 g/mol. The van der Waals surface area contributed by atoms with Gasteiger partial charge in [-0.15, -0.1) is 0 Å². The lowest BCUT2D eigenvalue weighted by Gasteiger charge is -2.19. The van der Waals surface area contributed by atoms with Gasteiger partial charge in [0.05, 0.1) is 6.54 Å². The zero-order valence-electron chi connectivity index (χ0n) is 13.9. The number of halogens is 1. The molecule has 0 fully saturated rings. The van der Waals surface area contributed by atoms with Crippen molar-refractivity contribution in [1.29, 1.82) is 0 Å². The van der Waals surface area contributed by atoms with Gasteiger partial charge in [0.2, 0.25) is 0 Å². The van der Waals surface area contributed by atoms with Crippen LogP contribution in [0.4, 0.5) is 0 Å². The van der Waals surface area contributed by atoms with Crippen molar-refractivity contribution in [3.05, 3.63) is 69.7 Å². The number of hydrogen-bond acceptors (Lipinski definition) is 4. The van der Waals surface area contributed by atoms with Gasteiger partial charge in [-0.05, 0) is 29.3 Å². The molecule has 2 aromatic carbocycles. The predicted octanol–water partition coefficient (Wildman–Crippen LogP) is 5.06. The first-order chi connectivity index (χ1) is 12.1. The molecule has 1 aliphatic heterocycles. The number of carbonyl (C=O) groups is 1. The summed E-state index contributed by atoms with van der Waals surface area (Å²) >= 11 is 6.96. The monoisotopic (exact) mass is 434 g/mol. The summed E-state index contributed by atoms with van der Waals surface area (Å²) in [6, 6.07) is 15.9. The summed E-state index contributed by atoms with van der Waals surface area (Å²) in [6.45, 7) is 1.50. The van der Waals surface area contributed by atoms with Gasteiger partial charge in [-0.25, -0.2) is 0 Å². The van der Waals surface area contributed by atoms with Gasteiger partial charge in [0.25, 0.3) is 5.91 Å². The van der Waals surface area contributed by atoms with Crippen LogP contribution in [0.5, 0.6) is 0 Å². The third kappa shape index (κ3) is 5.12. The summed E-state index contributed by atoms with van der Waals surface area (Å²) in [4.78, 5) is 19.1. The smallest absolute Gasteiger partial charge is 0.254 e. The van der Waals surface area contributed by atoms with Crippen LogP contribution in [-0.2, 0) is 12.3 Å². The minimum absolute atomic E-state index is 0.0557. The molecule has 6 heteroatoms. The summed E-state index contributed by atoms with van der Waals surface area (Å²) in [5.74, 6) is 1.90. The van der Waals surface area contributed by atoms with Crippen molar-refractivity contribution in [2.45, 2.75) is 12.3 Å². The van der Waals surface area contributed by atoms with Crippen LogP contribution in [0, 0.1) is 0 Å². The molecule has 0 atom stereocenters. The fourth-order valence-corrected chi connectivity index (χ4v) is 4.82. The van der Waals surface area contributed by atoms with E-state index in [-0.39, 0.29) is 5.91 Å². The van der Waals surface area contributed by atoms with Crippen LogP contribution in [0.15, 0.2) is 58.0 Å². The Balaban J connectivity index is 1.69. The lowest BCUT2D eigenvalue weighted by Crippen LogP contribution is -2.27. The van der Waals surface area contributed by atoms with Gasteiger partial charge in [0, 0.05) is 35.1 Å². The molecule has 130 valence electrons. The van der Waals surface area contributed by atoms with Gasteiger partial charge in [0.1, 0.15) is 4.38 Å². The maximum atomic E-state index is 12.9. The number of aliphatic imine (C=N–C) groups is 1. The van der Waals surface area contributed by atoms with E-state index in [2.05, 4.69) is 20.9 Å². The van der Waals surface area contributed by atoms with Crippen molar-refractivity contribution in [1.82, 2.24) is 4.90 Å². The summed E-state index contributed by atoms with van der Waals surface area (Å²) in [7, 11) is 1.85. The highest BCUT2D eigenvalue weighted by atomic mass is 79.9. The number of hydrogen-bond donors (Lipinski definition) is 0. The van der Waals surface area contributed by atoms with Gasteiger partial charge >= 0.3 is 0 Å². The molecule has 1 aliphatic rings. The number of thioether (sulfide) groups is 2. The fraction of sp³-hybridized carbons (Fsp3) is 0.263. The zero-order valence-corrected chi connectivity index (χ0v) is 17.2. The molecule has 0 unspecified atom stereocenters. The minimum atomic E-state index is 0.0557. The van der Waals surface area contributed by atoms with E-state index in [0.717, 1.165) is 43.6 Å². The number of amides is 1. The molecule has 1 amide bonds. The lowest BCUT2D eigenvalue weighted by molar-refractivity contribution is 0.0784. The highest BCUT2D eigenvalue weighted by Crippen LogP contribution is 2.27. The third-order valence-corrected chi connectivity index (χ3v) is 6.67. The SMILES string of the molecule is CN(Cc1ccc(Br)cc1)C(=O)c1ccccc1CSC1=NCCS1. The van der Waals surface area contributed by atoms with E-state index in [0.29, 0.717) is 6.54 Å². The molecule has 1 heterocycles. The van der Waals surface area contributed by atoms with Gasteiger partial charge in [0.15, 0.2) is 0 Å². The molecule has 0 saturated heterocycles. The quantitative estimate of drug-likeness (QED) is 0.659. The summed E-state index contributed by atoms with van der Waals surface area (Å²) in [6.07, 6.45) is 0. The average molecular weight is 435 g/mol. The molecule has 0 bridgehead atoms. The van der Waals surface area contributed by atoms with Crippen LogP contribution >= 0.6 is 39.5 Å². The van der Waals surface area contributed by atoms with Gasteiger partial charge in [-0.1, -0.05) is 69.8 Å². The Bertz CT molecular complexity index is 777. The van der Waals surface area contributed by atoms with E-state index in [9.17, 15) is 4.79 Å². The van der Waals surface area contributed by atoms with E-state index in [1.54, 1.807) is 28.4 Å². The fourth-order valence-electron chi connectivity index (χ4n) is 2.54. The molecule has 0 spiro atoms. The van der Waals surface area contributed by atoms with Gasteiger partial charge in [-0.3, -0.25) is 9.79 Å². The summed E-state index contributed by atoms with van der Waals surface area (Å²) < 4.78 is 2.17. The first-order valence-corrected chi connectivity index (χ1v) is 10.8. The Kier molecular flexibility index (Phi) is 6.62. The van der Waals surface area contributed by atoms with Crippen LogP contribution in [0.1, 0.15) is 21.5 Å². The van der Waals surface area contributed by atoms with Crippen molar-refractivity contribution in [3.63, 3.8) is 0 Å². The molecule has 0 aliphatic carbocycles. The van der Waals surface area contributed by atoms with Crippen LogP contribution in [0.3, 0.4) is 0 Å². The average Bonchev–Trinajstić information content (AvgIpc) is 3.15. The Morgan fingerprint density at radius 3 is 2.72 bits per heavy atom. The maximum Gasteiger partial charge on any atom is 0.254 e. The number of carbonyl (C=O) groups excluding carboxylic acids is 1. The molecular formula is C19H19BrN2OS2. The molecule has 2 aromatic rings. The van der Waals surface area contributed by atoms with Crippen molar-refractivity contribution >= 4 is 49.7 Å². The van der Waals surface area contributed by atoms with E-state index < -0.39 is 0 Å². The van der Waals surface area contributed by atoms with E-state index in [4.69, 9.17) is 0 Å². The van der Waals surface area contributed by atoms with Crippen LogP contribution in [0.25, 0.3) is 0 Å². The summed E-state index contributed by atoms with van der Waals surface area (Å²) in [5, 5.41) is 0. The third-order valence-electron chi connectivity index (χ3n) is 3.84. The largest absolute Gasteiger partial charge is 0.337 e. The highest BCUT2D eigenvalue weighted by molar-refractivity contribution is 9.10. The predicted molar refractivity (Wildman–Crippen MR) is 112 cm³/mol. The van der Waals surface area contributed by atoms with Crippen molar-refractivity contribution in [3.8, 4) is 0 Å². The molecule has 0 aromatic heterocycles. The van der Waals surface area contributed by atoms with Crippen molar-refractivity contribution < 1.29 is 4.79 Å². The minimum Gasteiger partial charge on any atom is -0.337 e. The number of nitrogens with zero attached hydrogens (tertiary/aromatic N) is 2.